The molecule has 20 N–H and O–H groups in total. The molecule has 74 heavy (non-hydrogen) atoms. The number of nitrogens with one attached hydrogen (secondary N) is 2. The largest absolute Gasteiger partial charge is 0.477 e. The predicted octanol–water partition coefficient (Wildman–Crippen LogP) is -12.1. The van der Waals surface area contributed by atoms with Crippen LogP contribution in [-0.4, -0.2) is 307 Å². The zero-order chi connectivity index (χ0) is 55.5. The van der Waals surface area contributed by atoms with Crippen LogP contribution in [0.4, 0.5) is 0 Å². The molecule has 0 aromatic carbocycles. The first-order chi connectivity index (χ1) is 34.5. The fourth-order valence-electron chi connectivity index (χ4n) is 8.97. The van der Waals surface area contributed by atoms with Crippen LogP contribution < -0.4 is 10.6 Å². The van der Waals surface area contributed by atoms with E-state index < -0.39 is 234 Å². The molecule has 5 fully saturated rings. The summed E-state index contributed by atoms with van der Waals surface area (Å²) in [6.45, 7) is -3.70. The fourth-order valence-corrected chi connectivity index (χ4v) is 8.97. The number of carbonyl (C=O) groups is 5. The van der Waals surface area contributed by atoms with Crippen LogP contribution in [0.2, 0.25) is 0 Å². The van der Waals surface area contributed by atoms with Crippen LogP contribution >= 0.6 is 0 Å². The third-order valence-electron chi connectivity index (χ3n) is 13.0. The van der Waals surface area contributed by atoms with Crippen molar-refractivity contribution in [1.82, 2.24) is 10.6 Å². The van der Waals surface area contributed by atoms with Crippen molar-refractivity contribution in [1.29, 1.82) is 0 Å². The van der Waals surface area contributed by atoms with Gasteiger partial charge >= 0.3 is 17.9 Å². The van der Waals surface area contributed by atoms with E-state index in [-0.39, 0.29) is 0 Å². The Kier molecular flexibility index (Phi) is 20.5. The number of hydrogen-bond acceptors (Lipinski definition) is 29. The Morgan fingerprint density at radius 2 is 0.973 bits per heavy atom. The summed E-state index contributed by atoms with van der Waals surface area (Å²) in [5.74, 6) is -17.5. The summed E-state index contributed by atoms with van der Waals surface area (Å²) in [6, 6.07) is -3.16. The molecule has 5 saturated heterocycles. The molecule has 0 aliphatic carbocycles. The van der Waals surface area contributed by atoms with Crippen molar-refractivity contribution in [3.63, 3.8) is 0 Å². The van der Waals surface area contributed by atoms with E-state index >= 15 is 0 Å². The molecule has 5 aliphatic rings. The second kappa shape index (κ2) is 24.8. The molecule has 5 rings (SSSR count). The monoisotopic (exact) mass is 1080 g/mol. The highest BCUT2D eigenvalue weighted by molar-refractivity contribution is 5.77. The van der Waals surface area contributed by atoms with Gasteiger partial charge < -0.3 is 145 Å². The van der Waals surface area contributed by atoms with E-state index in [0.29, 0.717) is 0 Å². The first-order valence-corrected chi connectivity index (χ1v) is 22.7. The third-order valence-corrected chi connectivity index (χ3v) is 13.0. The summed E-state index contributed by atoms with van der Waals surface area (Å²) >= 11 is 0. The van der Waals surface area contributed by atoms with Gasteiger partial charge in [-0.1, -0.05) is 0 Å². The maximum absolute atomic E-state index is 13.2. The zero-order valence-electron chi connectivity index (χ0n) is 39.1. The molecule has 34 nitrogen and oxygen atoms in total. The van der Waals surface area contributed by atoms with Crippen molar-refractivity contribution in [3.05, 3.63) is 0 Å². The highest BCUT2D eigenvalue weighted by atomic mass is 16.8. The molecule has 0 aromatic heterocycles. The summed E-state index contributed by atoms with van der Waals surface area (Å²) < 4.78 is 49.5. The number of aliphatic carboxylic acids is 3. The molecule has 0 radical (unpaired) electrons. The van der Waals surface area contributed by atoms with Crippen LogP contribution in [0.15, 0.2) is 0 Å². The van der Waals surface area contributed by atoms with Gasteiger partial charge in [-0.15, -0.1) is 0 Å². The van der Waals surface area contributed by atoms with Gasteiger partial charge in [0.15, 0.2) is 12.6 Å². The number of carbonyl (C=O) groups excluding carboxylic acids is 2. The average molecular weight is 1080 g/mol. The molecule has 5 heterocycles. The Balaban J connectivity index is 1.39. The van der Waals surface area contributed by atoms with Gasteiger partial charge in [-0.3, -0.25) is 9.59 Å². The van der Waals surface area contributed by atoms with Crippen LogP contribution in [0.1, 0.15) is 33.1 Å². The lowest BCUT2D eigenvalue weighted by atomic mass is 9.89. The quantitative estimate of drug-likeness (QED) is 0.0507. The van der Waals surface area contributed by atoms with Crippen LogP contribution in [0.25, 0.3) is 0 Å². The first kappa shape index (κ1) is 61.2. The van der Waals surface area contributed by atoms with Gasteiger partial charge in [-0.2, -0.15) is 0 Å². The van der Waals surface area contributed by atoms with E-state index in [0.717, 1.165) is 13.8 Å². The standard InChI is InChI=1S/C40H64N2O32/c1-11(45)41-21-28(57)25(54)19(69-33(21)59)9-66-34-22(42-12(2)46)29(58)26(55)20(70-34)10-68-39(36(62)63)5-18(27(56)31(73-39)16(50)7-44)71-40(37(64)65)4-14(48)24(53)32(74-40)17(51)8-67-38(35(60)61)3-13(47)23(52)30(72-38)15(49)6-43/h13-34,43-44,47-59H,3-10H2,1-2H3,(H,41,45)(H,42,46)(H,60,61)(H,62,63)(H,64,65)/t13-,14?,15-,16-,17-,18-,19-,20-,21-,22-,23-,24-,25-,26-,27-,28-,29-,30-,31-,32-,33-,34-,38-,39-,40-/m1/s1. The Bertz CT molecular complexity index is 1940. The molecular formula is C40H64N2O32. The minimum absolute atomic E-state index is 0.706. The Hall–Kier alpha value is -3.61. The summed E-state index contributed by atoms with van der Waals surface area (Å²) in [7, 11) is 0. The Morgan fingerprint density at radius 1 is 0.541 bits per heavy atom. The van der Waals surface area contributed by atoms with Crippen LogP contribution in [0.5, 0.6) is 0 Å². The van der Waals surface area contributed by atoms with E-state index in [1.165, 1.54) is 0 Å². The Labute approximate surface area is 416 Å². The van der Waals surface area contributed by atoms with E-state index in [4.69, 9.17) is 42.6 Å². The van der Waals surface area contributed by atoms with E-state index in [1.807, 2.05) is 0 Å². The first-order valence-electron chi connectivity index (χ1n) is 22.7. The number of amides is 2. The number of aliphatic hydroxyl groups is 15. The minimum atomic E-state index is -3.36. The zero-order valence-corrected chi connectivity index (χ0v) is 39.1. The molecular weight excluding hydrogens is 1020 g/mol. The van der Waals surface area contributed by atoms with E-state index in [9.17, 15) is 116 Å². The number of ether oxygens (including phenoxy) is 9. The third kappa shape index (κ3) is 13.0. The van der Waals surface area contributed by atoms with Gasteiger partial charge in [0.05, 0.1) is 51.3 Å². The summed E-state index contributed by atoms with van der Waals surface area (Å²) in [4.78, 5) is 62.4. The van der Waals surface area contributed by atoms with Crippen LogP contribution in [-0.2, 0) is 66.6 Å². The second-order valence-corrected chi connectivity index (χ2v) is 18.3. The maximum Gasteiger partial charge on any atom is 0.364 e. The smallest absolute Gasteiger partial charge is 0.364 e. The Morgan fingerprint density at radius 3 is 1.47 bits per heavy atom. The molecule has 25 atom stereocenters. The normalized spacial score (nSPS) is 44.1. The molecule has 0 bridgehead atoms. The number of carboxylic acids is 3. The predicted molar refractivity (Wildman–Crippen MR) is 223 cm³/mol. The van der Waals surface area contributed by atoms with Crippen molar-refractivity contribution in [3.8, 4) is 0 Å². The van der Waals surface area contributed by atoms with Crippen molar-refractivity contribution >= 4 is 29.7 Å². The molecule has 5 aliphatic heterocycles. The minimum Gasteiger partial charge on any atom is -0.477 e. The summed E-state index contributed by atoms with van der Waals surface area (Å²) in [6.07, 6.45) is -45.5. The van der Waals surface area contributed by atoms with E-state index in [1.54, 1.807) is 0 Å². The van der Waals surface area contributed by atoms with Crippen molar-refractivity contribution < 1.29 is 159 Å². The van der Waals surface area contributed by atoms with Gasteiger partial charge in [0.2, 0.25) is 11.8 Å². The highest BCUT2D eigenvalue weighted by Crippen LogP contribution is 2.41. The number of rotatable bonds is 21. The van der Waals surface area contributed by atoms with Gasteiger partial charge in [-0.25, -0.2) is 14.4 Å². The van der Waals surface area contributed by atoms with Crippen LogP contribution in [0, 0.1) is 0 Å². The molecule has 426 valence electrons. The summed E-state index contributed by atoms with van der Waals surface area (Å²) in [5, 5.41) is 195. The molecule has 34 heteroatoms. The maximum atomic E-state index is 13.2. The number of carboxylic acid groups (broad SMARTS) is 3. The van der Waals surface area contributed by atoms with Gasteiger partial charge in [0.25, 0.3) is 17.4 Å². The molecule has 0 saturated carbocycles. The van der Waals surface area contributed by atoms with Crippen molar-refractivity contribution in [2.75, 3.05) is 33.0 Å². The topological polar surface area (TPSA) is 557 Å². The number of aliphatic hydroxyl groups excluding tert-OH is 15. The molecule has 1 unspecified atom stereocenters. The second-order valence-electron chi connectivity index (χ2n) is 18.3. The fraction of sp³-hybridized carbons (Fsp3) is 0.875. The lowest BCUT2D eigenvalue weighted by Gasteiger charge is -2.50. The number of hydrogen-bond donors (Lipinski definition) is 20. The summed E-state index contributed by atoms with van der Waals surface area (Å²) in [5.41, 5.74) is 0. The highest BCUT2D eigenvalue weighted by Gasteiger charge is 2.62. The van der Waals surface area contributed by atoms with Crippen molar-refractivity contribution in [2.24, 2.45) is 0 Å². The molecule has 0 spiro atoms. The average Bonchev–Trinajstić information content (AvgIpc) is 3.33. The molecule has 2 amide bonds. The lowest BCUT2D eigenvalue weighted by molar-refractivity contribution is -0.380. The van der Waals surface area contributed by atoms with E-state index in [2.05, 4.69) is 10.6 Å². The lowest BCUT2D eigenvalue weighted by Crippen LogP contribution is -2.69. The van der Waals surface area contributed by atoms with Crippen LogP contribution in [0.3, 0.4) is 0 Å². The van der Waals surface area contributed by atoms with Crippen molar-refractivity contribution in [2.45, 2.75) is 185 Å². The van der Waals surface area contributed by atoms with Gasteiger partial charge in [-0.05, 0) is 0 Å². The van der Waals surface area contributed by atoms with Gasteiger partial charge in [0.1, 0.15) is 104 Å². The SMILES string of the molecule is CC(=O)N[C@@H]1[C@@H](O)[C@H](O)[C@@H](CO[C@@H]2O[C@H](CO[C@]3(C(=O)O)C[C@@H](O[C@]4(C(=O)O)CC(O)[C@@H](O)[C@@H]([C@H](O)CO[C@]5(C(=O)O)C[C@@H](O)[C@@H](O)[C@@H]([C@H](O)CO)O5)O4)[C@@H](O)[C@@H]([C@H](O)CO)O3)[C@@H](O)[C@H](O)[C@H]2NC(C)=O)O[C@H]1O. The van der Waals surface area contributed by atoms with Gasteiger partial charge in [0, 0.05) is 33.1 Å². The molecule has 0 aromatic rings.